The van der Waals surface area contributed by atoms with Crippen LogP contribution >= 0.6 is 11.6 Å². The zero-order chi connectivity index (χ0) is 23.1. The van der Waals surface area contributed by atoms with Crippen molar-refractivity contribution < 1.29 is 23.8 Å². The summed E-state index contributed by atoms with van der Waals surface area (Å²) in [7, 11) is 0. The number of benzene rings is 1. The van der Waals surface area contributed by atoms with Gasteiger partial charge >= 0.3 is 17.5 Å². The van der Waals surface area contributed by atoms with Gasteiger partial charge in [-0.25, -0.2) is 0 Å². The number of aromatic nitrogens is 4. The number of aryl methyl sites for hydroxylation is 1. The third kappa shape index (κ3) is 6.25. The highest BCUT2D eigenvalue weighted by Gasteiger charge is 2.16. The van der Waals surface area contributed by atoms with Crippen molar-refractivity contribution in [3.05, 3.63) is 63.0 Å². The van der Waals surface area contributed by atoms with Gasteiger partial charge in [0.25, 0.3) is 5.91 Å². The van der Waals surface area contributed by atoms with Gasteiger partial charge in [-0.2, -0.15) is 10.1 Å². The van der Waals surface area contributed by atoms with Gasteiger partial charge in [-0.15, -0.1) is 0 Å². The SMILES string of the molecule is Cc1cc(Cl)ccc1OCC(=O)NCCNC(=O)c1nc(Cn2cc([N+](=O)[O-])cn2)no1. The molecule has 2 N–H and O–H groups in total. The zero-order valence-corrected chi connectivity index (χ0v) is 17.5. The highest BCUT2D eigenvalue weighted by Crippen LogP contribution is 2.21. The number of hydrogen-bond acceptors (Lipinski definition) is 9. The number of ether oxygens (including phenoxy) is 1. The van der Waals surface area contributed by atoms with Gasteiger partial charge in [0, 0.05) is 18.1 Å². The molecule has 2 heterocycles. The van der Waals surface area contributed by atoms with E-state index in [4.69, 9.17) is 20.9 Å². The van der Waals surface area contributed by atoms with Crippen LogP contribution in [0.5, 0.6) is 5.75 Å². The molecule has 0 aliphatic rings. The number of hydrogen-bond donors (Lipinski definition) is 2. The molecule has 3 rings (SSSR count). The Morgan fingerprint density at radius 3 is 2.81 bits per heavy atom. The number of carbonyl (C=O) groups is 2. The molecule has 0 aliphatic heterocycles. The number of halogens is 1. The van der Waals surface area contributed by atoms with Gasteiger partial charge in [-0.3, -0.25) is 24.4 Å². The molecule has 14 heteroatoms. The zero-order valence-electron chi connectivity index (χ0n) is 16.8. The van der Waals surface area contributed by atoms with Crippen LogP contribution in [0, 0.1) is 17.0 Å². The summed E-state index contributed by atoms with van der Waals surface area (Å²) in [6.45, 7) is 1.90. The number of nitrogens with one attached hydrogen (secondary N) is 2. The lowest BCUT2D eigenvalue weighted by molar-refractivity contribution is -0.385. The van der Waals surface area contributed by atoms with Crippen LogP contribution in [0.1, 0.15) is 22.1 Å². The highest BCUT2D eigenvalue weighted by molar-refractivity contribution is 6.30. The summed E-state index contributed by atoms with van der Waals surface area (Å²) >= 11 is 5.87. The average Bonchev–Trinajstić information content (AvgIpc) is 3.41. The molecule has 0 atom stereocenters. The highest BCUT2D eigenvalue weighted by atomic mass is 35.5. The Hall–Kier alpha value is -4.00. The molecule has 3 aromatic rings. The van der Waals surface area contributed by atoms with E-state index >= 15 is 0 Å². The van der Waals surface area contributed by atoms with Crippen molar-refractivity contribution >= 4 is 29.1 Å². The molecule has 0 unspecified atom stereocenters. The summed E-state index contributed by atoms with van der Waals surface area (Å²) in [5.41, 5.74) is 0.629. The fraction of sp³-hybridized carbons (Fsp3) is 0.278. The maximum atomic E-state index is 12.1. The van der Waals surface area contributed by atoms with E-state index < -0.39 is 10.8 Å². The minimum Gasteiger partial charge on any atom is -0.484 e. The van der Waals surface area contributed by atoms with Gasteiger partial charge in [0.15, 0.2) is 12.4 Å². The van der Waals surface area contributed by atoms with E-state index in [1.165, 1.54) is 10.9 Å². The third-order valence-corrected chi connectivity index (χ3v) is 4.26. The van der Waals surface area contributed by atoms with Crippen molar-refractivity contribution in [2.24, 2.45) is 0 Å². The molecule has 0 fully saturated rings. The minimum atomic E-state index is -0.627. The second-order valence-electron chi connectivity index (χ2n) is 6.47. The number of nitrogens with zero attached hydrogens (tertiary/aromatic N) is 5. The number of rotatable bonds is 10. The Bertz CT molecular complexity index is 1130. The van der Waals surface area contributed by atoms with E-state index in [0.717, 1.165) is 11.8 Å². The molecule has 0 saturated carbocycles. The molecule has 1 aromatic carbocycles. The number of carbonyl (C=O) groups excluding carboxylic acids is 2. The molecule has 0 radical (unpaired) electrons. The largest absolute Gasteiger partial charge is 0.484 e. The van der Waals surface area contributed by atoms with E-state index in [1.807, 2.05) is 6.92 Å². The van der Waals surface area contributed by atoms with Gasteiger partial charge in [0.1, 0.15) is 24.7 Å². The van der Waals surface area contributed by atoms with Gasteiger partial charge in [-0.1, -0.05) is 16.8 Å². The molecular weight excluding hydrogens is 446 g/mol. The summed E-state index contributed by atoms with van der Waals surface area (Å²) in [6.07, 6.45) is 2.29. The fourth-order valence-corrected chi connectivity index (χ4v) is 2.74. The van der Waals surface area contributed by atoms with Crippen LogP contribution in [-0.2, 0) is 11.3 Å². The lowest BCUT2D eigenvalue weighted by atomic mass is 10.2. The summed E-state index contributed by atoms with van der Waals surface area (Å²) in [4.78, 5) is 37.9. The molecule has 2 amide bonds. The molecule has 32 heavy (non-hydrogen) atoms. The average molecular weight is 464 g/mol. The summed E-state index contributed by atoms with van der Waals surface area (Å²) in [5.74, 6) is -0.597. The quantitative estimate of drug-likeness (QED) is 0.254. The van der Waals surface area contributed by atoms with E-state index in [0.29, 0.717) is 10.8 Å². The van der Waals surface area contributed by atoms with E-state index in [-0.39, 0.29) is 49.6 Å². The van der Waals surface area contributed by atoms with Crippen molar-refractivity contribution in [3.63, 3.8) is 0 Å². The van der Waals surface area contributed by atoms with Gasteiger partial charge < -0.3 is 19.9 Å². The predicted octanol–water partition coefficient (Wildman–Crippen LogP) is 1.11. The van der Waals surface area contributed by atoms with Crippen LogP contribution in [0.25, 0.3) is 0 Å². The Morgan fingerprint density at radius 1 is 1.31 bits per heavy atom. The summed E-state index contributed by atoms with van der Waals surface area (Å²) in [6, 6.07) is 5.07. The lowest BCUT2D eigenvalue weighted by Gasteiger charge is -2.10. The van der Waals surface area contributed by atoms with E-state index in [2.05, 4.69) is 25.9 Å². The lowest BCUT2D eigenvalue weighted by Crippen LogP contribution is -2.36. The topological polar surface area (TPSA) is 167 Å². The molecule has 168 valence electrons. The van der Waals surface area contributed by atoms with Crippen molar-refractivity contribution in [1.29, 1.82) is 0 Å². The molecule has 0 aliphatic carbocycles. The smallest absolute Gasteiger partial charge is 0.316 e. The first-order valence-corrected chi connectivity index (χ1v) is 9.63. The first kappa shape index (κ1) is 22.7. The summed E-state index contributed by atoms with van der Waals surface area (Å²) in [5, 5.41) is 23.8. The van der Waals surface area contributed by atoms with Crippen molar-refractivity contribution in [2.45, 2.75) is 13.5 Å². The maximum absolute atomic E-state index is 12.1. The van der Waals surface area contributed by atoms with Crippen molar-refractivity contribution in [2.75, 3.05) is 19.7 Å². The molecule has 0 spiro atoms. The monoisotopic (exact) mass is 463 g/mol. The number of amides is 2. The van der Waals surface area contributed by atoms with Crippen LogP contribution in [0.15, 0.2) is 35.1 Å². The molecule has 2 aromatic heterocycles. The molecule has 0 saturated heterocycles. The Kier molecular flexibility index (Phi) is 7.33. The van der Waals surface area contributed by atoms with Crippen molar-refractivity contribution in [3.8, 4) is 5.75 Å². The Balaban J connectivity index is 1.37. The van der Waals surface area contributed by atoms with E-state index in [9.17, 15) is 19.7 Å². The third-order valence-electron chi connectivity index (χ3n) is 4.02. The first-order valence-electron chi connectivity index (χ1n) is 9.25. The van der Waals surface area contributed by atoms with Crippen LogP contribution in [-0.4, -0.2) is 56.4 Å². The molecule has 0 bridgehead atoms. The van der Waals surface area contributed by atoms with Crippen LogP contribution in [0.4, 0.5) is 5.69 Å². The summed E-state index contributed by atoms with van der Waals surface area (Å²) < 4.78 is 11.5. The fourth-order valence-electron chi connectivity index (χ4n) is 2.51. The molecular formula is C18H18ClN7O6. The predicted molar refractivity (Wildman–Crippen MR) is 109 cm³/mol. The number of nitro groups is 1. The van der Waals surface area contributed by atoms with Gasteiger partial charge in [0.05, 0.1) is 4.92 Å². The Morgan fingerprint density at radius 2 is 2.09 bits per heavy atom. The second-order valence-corrected chi connectivity index (χ2v) is 6.91. The van der Waals surface area contributed by atoms with Gasteiger partial charge in [0.2, 0.25) is 0 Å². The minimum absolute atomic E-state index is 0.00618. The van der Waals surface area contributed by atoms with Crippen LogP contribution in [0.3, 0.4) is 0 Å². The normalized spacial score (nSPS) is 10.6. The first-order chi connectivity index (χ1) is 15.3. The van der Waals surface area contributed by atoms with Gasteiger partial charge in [-0.05, 0) is 30.7 Å². The maximum Gasteiger partial charge on any atom is 0.316 e. The molecule has 13 nitrogen and oxygen atoms in total. The Labute approximate surface area is 185 Å². The standard InChI is InChI=1S/C18H18ClN7O6/c1-11-6-12(19)2-3-14(11)31-10-16(27)20-4-5-21-17(28)18-23-15(24-32-18)9-25-8-13(7-22-25)26(29)30/h2-3,6-8H,4-5,9-10H2,1H3,(H,20,27)(H,21,28). The van der Waals surface area contributed by atoms with Crippen LogP contribution in [0.2, 0.25) is 5.02 Å². The van der Waals surface area contributed by atoms with Crippen molar-refractivity contribution in [1.82, 2.24) is 30.6 Å². The second kappa shape index (κ2) is 10.3. The van der Waals surface area contributed by atoms with Crippen LogP contribution < -0.4 is 15.4 Å². The van der Waals surface area contributed by atoms with E-state index in [1.54, 1.807) is 18.2 Å².